The van der Waals surface area contributed by atoms with Gasteiger partial charge in [0.15, 0.2) is 0 Å². The SMILES string of the molecule is Nc1ccc(Nc2cc(C(=O)O)cc(C(=O)O)c2)cc1. The number of anilines is 3. The van der Waals surface area contributed by atoms with Crippen molar-refractivity contribution in [1.29, 1.82) is 0 Å². The van der Waals surface area contributed by atoms with E-state index in [9.17, 15) is 9.59 Å². The van der Waals surface area contributed by atoms with Crippen molar-refractivity contribution < 1.29 is 19.8 Å². The minimum Gasteiger partial charge on any atom is -0.478 e. The van der Waals surface area contributed by atoms with E-state index >= 15 is 0 Å². The Balaban J connectivity index is 2.37. The van der Waals surface area contributed by atoms with Gasteiger partial charge in [-0.15, -0.1) is 0 Å². The largest absolute Gasteiger partial charge is 0.478 e. The Morgan fingerprint density at radius 2 is 1.35 bits per heavy atom. The first kappa shape index (κ1) is 13.4. The van der Waals surface area contributed by atoms with Crippen LogP contribution in [0.3, 0.4) is 0 Å². The lowest BCUT2D eigenvalue weighted by Gasteiger charge is -2.09. The van der Waals surface area contributed by atoms with Crippen LogP contribution in [0.4, 0.5) is 17.1 Å². The highest BCUT2D eigenvalue weighted by Gasteiger charge is 2.11. The van der Waals surface area contributed by atoms with E-state index in [1.165, 1.54) is 12.1 Å². The minimum atomic E-state index is -1.19. The number of aromatic carboxylic acids is 2. The van der Waals surface area contributed by atoms with Gasteiger partial charge in [0.1, 0.15) is 0 Å². The van der Waals surface area contributed by atoms with E-state index in [4.69, 9.17) is 15.9 Å². The Labute approximate surface area is 114 Å². The lowest BCUT2D eigenvalue weighted by molar-refractivity contribution is 0.0696. The van der Waals surface area contributed by atoms with Gasteiger partial charge >= 0.3 is 11.9 Å². The molecule has 0 aliphatic rings. The molecule has 0 aliphatic heterocycles. The molecule has 2 rings (SSSR count). The number of carboxylic acids is 2. The molecule has 6 nitrogen and oxygen atoms in total. The van der Waals surface area contributed by atoms with E-state index in [0.717, 1.165) is 6.07 Å². The average Bonchev–Trinajstić information content (AvgIpc) is 2.41. The van der Waals surface area contributed by atoms with Gasteiger partial charge in [-0.05, 0) is 42.5 Å². The van der Waals surface area contributed by atoms with Crippen molar-refractivity contribution in [3.05, 3.63) is 53.6 Å². The van der Waals surface area contributed by atoms with Crippen molar-refractivity contribution in [3.8, 4) is 0 Å². The molecule has 0 aliphatic carbocycles. The maximum absolute atomic E-state index is 11.0. The van der Waals surface area contributed by atoms with Crippen LogP contribution in [0.15, 0.2) is 42.5 Å². The number of nitrogen functional groups attached to an aromatic ring is 1. The van der Waals surface area contributed by atoms with Crippen molar-refractivity contribution >= 4 is 29.0 Å². The summed E-state index contributed by atoms with van der Waals surface area (Å²) in [6, 6.07) is 10.6. The molecule has 0 fully saturated rings. The number of nitrogens with one attached hydrogen (secondary N) is 1. The number of nitrogens with two attached hydrogens (primary N) is 1. The first-order valence-electron chi connectivity index (χ1n) is 5.70. The second-order valence-electron chi connectivity index (χ2n) is 4.16. The van der Waals surface area contributed by atoms with E-state index in [-0.39, 0.29) is 11.1 Å². The van der Waals surface area contributed by atoms with Crippen molar-refractivity contribution in [2.75, 3.05) is 11.1 Å². The van der Waals surface area contributed by atoms with Crippen LogP contribution in [0.5, 0.6) is 0 Å². The number of carboxylic acid groups (broad SMARTS) is 2. The molecule has 0 saturated heterocycles. The zero-order valence-corrected chi connectivity index (χ0v) is 10.3. The summed E-state index contributed by atoms with van der Waals surface area (Å²) in [7, 11) is 0. The molecule has 0 unspecified atom stereocenters. The highest BCUT2D eigenvalue weighted by atomic mass is 16.4. The fourth-order valence-corrected chi connectivity index (χ4v) is 1.68. The van der Waals surface area contributed by atoms with E-state index in [1.54, 1.807) is 24.3 Å². The molecular weight excluding hydrogens is 260 g/mol. The standard InChI is InChI=1S/C14H12N2O4/c15-10-1-3-11(4-2-10)16-12-6-8(13(17)18)5-9(7-12)14(19)20/h1-7,16H,15H2,(H,17,18)(H,19,20). The third-order valence-electron chi connectivity index (χ3n) is 2.63. The zero-order chi connectivity index (χ0) is 14.7. The topological polar surface area (TPSA) is 113 Å². The van der Waals surface area contributed by atoms with Gasteiger partial charge in [0.05, 0.1) is 11.1 Å². The molecule has 0 saturated carbocycles. The number of hydrogen-bond donors (Lipinski definition) is 4. The summed E-state index contributed by atoms with van der Waals surface area (Å²) in [5, 5.41) is 20.9. The van der Waals surface area contributed by atoms with E-state index < -0.39 is 11.9 Å². The molecule has 5 N–H and O–H groups in total. The van der Waals surface area contributed by atoms with E-state index in [2.05, 4.69) is 5.32 Å². The number of hydrogen-bond acceptors (Lipinski definition) is 4. The maximum Gasteiger partial charge on any atom is 0.335 e. The van der Waals surface area contributed by atoms with Gasteiger partial charge < -0.3 is 21.3 Å². The highest BCUT2D eigenvalue weighted by Crippen LogP contribution is 2.21. The van der Waals surface area contributed by atoms with Crippen LogP contribution >= 0.6 is 0 Å². The summed E-state index contributed by atoms with van der Waals surface area (Å²) in [6.45, 7) is 0. The summed E-state index contributed by atoms with van der Waals surface area (Å²) in [4.78, 5) is 22.0. The van der Waals surface area contributed by atoms with Crippen LogP contribution in [0.1, 0.15) is 20.7 Å². The van der Waals surface area contributed by atoms with Gasteiger partial charge in [0.25, 0.3) is 0 Å². The predicted octanol–water partition coefficient (Wildman–Crippen LogP) is 2.41. The molecule has 20 heavy (non-hydrogen) atoms. The van der Waals surface area contributed by atoms with Gasteiger partial charge in [0, 0.05) is 17.1 Å². The molecule has 2 aromatic rings. The molecular formula is C14H12N2O4. The smallest absolute Gasteiger partial charge is 0.335 e. The molecule has 2 aromatic carbocycles. The van der Waals surface area contributed by atoms with E-state index in [1.807, 2.05) is 0 Å². The molecule has 102 valence electrons. The van der Waals surface area contributed by atoms with Gasteiger partial charge in [-0.3, -0.25) is 0 Å². The predicted molar refractivity (Wildman–Crippen MR) is 74.5 cm³/mol. The van der Waals surface area contributed by atoms with Crippen LogP contribution in [0.2, 0.25) is 0 Å². The zero-order valence-electron chi connectivity index (χ0n) is 10.3. The molecule has 0 bridgehead atoms. The summed E-state index contributed by atoms with van der Waals surface area (Å²) in [5.74, 6) is -2.37. The van der Waals surface area contributed by atoms with Crippen LogP contribution in [-0.4, -0.2) is 22.2 Å². The second-order valence-corrected chi connectivity index (χ2v) is 4.16. The van der Waals surface area contributed by atoms with Crippen LogP contribution < -0.4 is 11.1 Å². The molecule has 0 radical (unpaired) electrons. The molecule has 0 amide bonds. The molecule has 0 spiro atoms. The van der Waals surface area contributed by atoms with Crippen molar-refractivity contribution in [1.82, 2.24) is 0 Å². The third kappa shape index (κ3) is 3.05. The van der Waals surface area contributed by atoms with Gasteiger partial charge in [0.2, 0.25) is 0 Å². The first-order valence-corrected chi connectivity index (χ1v) is 5.70. The Morgan fingerprint density at radius 1 is 0.850 bits per heavy atom. The first-order chi connectivity index (χ1) is 9.45. The Morgan fingerprint density at radius 3 is 1.80 bits per heavy atom. The van der Waals surface area contributed by atoms with E-state index in [0.29, 0.717) is 17.1 Å². The number of benzene rings is 2. The lowest BCUT2D eigenvalue weighted by Crippen LogP contribution is -2.04. The summed E-state index contributed by atoms with van der Waals surface area (Å²) in [5.41, 5.74) is 7.03. The van der Waals surface area contributed by atoms with Gasteiger partial charge in [-0.25, -0.2) is 9.59 Å². The highest BCUT2D eigenvalue weighted by molar-refractivity contribution is 5.95. The van der Waals surface area contributed by atoms with Crippen LogP contribution in [-0.2, 0) is 0 Å². The Hall–Kier alpha value is -3.02. The minimum absolute atomic E-state index is 0.0946. The molecule has 0 atom stereocenters. The Kier molecular flexibility index (Phi) is 3.56. The monoisotopic (exact) mass is 272 g/mol. The number of rotatable bonds is 4. The van der Waals surface area contributed by atoms with Crippen molar-refractivity contribution in [2.45, 2.75) is 0 Å². The fourth-order valence-electron chi connectivity index (χ4n) is 1.68. The van der Waals surface area contributed by atoms with Crippen molar-refractivity contribution in [3.63, 3.8) is 0 Å². The fraction of sp³-hybridized carbons (Fsp3) is 0. The maximum atomic E-state index is 11.0. The molecule has 0 aromatic heterocycles. The van der Waals surface area contributed by atoms with Gasteiger partial charge in [-0.1, -0.05) is 0 Å². The van der Waals surface area contributed by atoms with Gasteiger partial charge in [-0.2, -0.15) is 0 Å². The lowest BCUT2D eigenvalue weighted by atomic mass is 10.1. The van der Waals surface area contributed by atoms with Crippen LogP contribution in [0.25, 0.3) is 0 Å². The van der Waals surface area contributed by atoms with Crippen LogP contribution in [0, 0.1) is 0 Å². The normalized spacial score (nSPS) is 10.0. The summed E-state index contributed by atoms with van der Waals surface area (Å²) in [6.07, 6.45) is 0. The Bertz CT molecular complexity index is 633. The second kappa shape index (κ2) is 5.31. The van der Waals surface area contributed by atoms with Crippen molar-refractivity contribution in [2.24, 2.45) is 0 Å². The summed E-state index contributed by atoms with van der Waals surface area (Å²) < 4.78 is 0. The average molecular weight is 272 g/mol. The quantitative estimate of drug-likeness (QED) is 0.636. The summed E-state index contributed by atoms with van der Waals surface area (Å²) >= 11 is 0. The molecule has 0 heterocycles. The number of carbonyl (C=O) groups is 2. The third-order valence-corrected chi connectivity index (χ3v) is 2.63. The molecule has 6 heteroatoms.